The van der Waals surface area contributed by atoms with E-state index in [1.165, 1.54) is 12.8 Å². The molecule has 1 aliphatic carbocycles. The van der Waals surface area contributed by atoms with E-state index in [2.05, 4.69) is 10.5 Å². The van der Waals surface area contributed by atoms with Crippen molar-refractivity contribution >= 4 is 29.2 Å². The minimum Gasteiger partial charge on any atom is -0.462 e. The number of halogens is 2. The van der Waals surface area contributed by atoms with Crippen LogP contribution in [0, 0.1) is 0 Å². The van der Waals surface area contributed by atoms with Gasteiger partial charge < -0.3 is 14.6 Å². The van der Waals surface area contributed by atoms with Gasteiger partial charge in [-0.15, -0.1) is 0 Å². The first-order valence-corrected chi connectivity index (χ1v) is 10.7. The van der Waals surface area contributed by atoms with Crippen LogP contribution in [-0.2, 0) is 16.0 Å². The molecule has 1 saturated carbocycles. The van der Waals surface area contributed by atoms with Gasteiger partial charge in [-0.1, -0.05) is 34.4 Å². The van der Waals surface area contributed by atoms with Gasteiger partial charge in [0.25, 0.3) is 0 Å². The van der Waals surface area contributed by atoms with Crippen LogP contribution in [0.5, 0.6) is 0 Å². The monoisotopic (exact) mass is 420 g/mol. The number of rotatable bonds is 5. The van der Waals surface area contributed by atoms with Crippen molar-refractivity contribution < 1.29 is 14.1 Å². The molecule has 7 heteroatoms. The van der Waals surface area contributed by atoms with E-state index in [-0.39, 0.29) is 18.5 Å². The van der Waals surface area contributed by atoms with Gasteiger partial charge in [0.1, 0.15) is 17.6 Å². The molecule has 1 N–H and O–H groups in total. The average Bonchev–Trinajstić information content (AvgIpc) is 3.34. The Hall–Kier alpha value is -1.56. The largest absolute Gasteiger partial charge is 0.462 e. The summed E-state index contributed by atoms with van der Waals surface area (Å²) in [6, 6.07) is 6.27. The third-order valence-corrected chi connectivity index (χ3v) is 6.65. The Morgan fingerprint density at radius 3 is 2.46 bits per heavy atom. The third kappa shape index (κ3) is 3.56. The number of fused-ring (bicyclic) bond motifs is 2. The predicted octanol–water partition coefficient (Wildman–Crippen LogP) is 4.89. The summed E-state index contributed by atoms with van der Waals surface area (Å²) in [6.45, 7) is 0. The van der Waals surface area contributed by atoms with Crippen molar-refractivity contribution in [3.63, 3.8) is 0 Å². The highest BCUT2D eigenvalue weighted by molar-refractivity contribution is 6.39. The van der Waals surface area contributed by atoms with Crippen molar-refractivity contribution in [1.29, 1.82) is 0 Å². The van der Waals surface area contributed by atoms with Crippen LogP contribution in [0.15, 0.2) is 22.7 Å². The SMILES string of the molecule is O=C(Cc1c(-c2c(Cl)cccc2Cl)noc1C1CC1)OC1CC2CCC(C1)N2. The number of benzene rings is 1. The smallest absolute Gasteiger partial charge is 0.310 e. The van der Waals surface area contributed by atoms with Crippen LogP contribution in [0.1, 0.15) is 55.8 Å². The van der Waals surface area contributed by atoms with Crippen LogP contribution in [-0.4, -0.2) is 29.3 Å². The number of carbonyl (C=O) groups is 1. The molecule has 2 aliphatic heterocycles. The second-order valence-corrected chi connectivity index (χ2v) is 8.96. The summed E-state index contributed by atoms with van der Waals surface area (Å²) < 4.78 is 11.5. The normalized spacial score (nSPS) is 26.4. The molecule has 28 heavy (non-hydrogen) atoms. The van der Waals surface area contributed by atoms with Gasteiger partial charge in [0.15, 0.2) is 0 Å². The molecule has 1 aromatic heterocycles. The molecule has 3 aliphatic rings. The van der Waals surface area contributed by atoms with Crippen LogP contribution >= 0.6 is 23.2 Å². The lowest BCUT2D eigenvalue weighted by molar-refractivity contribution is -0.150. The Morgan fingerprint density at radius 1 is 1.14 bits per heavy atom. The molecule has 2 atom stereocenters. The molecule has 148 valence electrons. The number of esters is 1. The maximum absolute atomic E-state index is 12.8. The molecule has 0 amide bonds. The van der Waals surface area contributed by atoms with Crippen LogP contribution in [0.2, 0.25) is 10.0 Å². The van der Waals surface area contributed by atoms with Gasteiger partial charge in [0.2, 0.25) is 0 Å². The molecule has 0 spiro atoms. The summed E-state index contributed by atoms with van der Waals surface area (Å²) in [5.41, 5.74) is 1.93. The van der Waals surface area contributed by atoms with Gasteiger partial charge in [0.05, 0.1) is 16.5 Å². The van der Waals surface area contributed by atoms with Crippen molar-refractivity contribution in [3.05, 3.63) is 39.6 Å². The first-order valence-electron chi connectivity index (χ1n) is 9.97. The van der Waals surface area contributed by atoms with Gasteiger partial charge in [-0.3, -0.25) is 4.79 Å². The third-order valence-electron chi connectivity index (χ3n) is 6.02. The van der Waals surface area contributed by atoms with Gasteiger partial charge >= 0.3 is 5.97 Å². The highest BCUT2D eigenvalue weighted by atomic mass is 35.5. The number of hydrogen-bond acceptors (Lipinski definition) is 5. The minimum atomic E-state index is -0.235. The summed E-state index contributed by atoms with van der Waals surface area (Å²) in [6.07, 6.45) is 6.34. The molecular formula is C21H22Cl2N2O3. The highest BCUT2D eigenvalue weighted by Crippen LogP contribution is 2.46. The van der Waals surface area contributed by atoms with Gasteiger partial charge in [0, 0.05) is 29.1 Å². The van der Waals surface area contributed by atoms with Crippen LogP contribution in [0.25, 0.3) is 11.3 Å². The molecule has 2 saturated heterocycles. The summed E-state index contributed by atoms with van der Waals surface area (Å²) in [5, 5.41) is 8.80. The quantitative estimate of drug-likeness (QED) is 0.697. The van der Waals surface area contributed by atoms with E-state index >= 15 is 0 Å². The molecule has 2 bridgehead atoms. The Bertz CT molecular complexity index is 877. The van der Waals surface area contributed by atoms with Gasteiger partial charge in [-0.25, -0.2) is 0 Å². The summed E-state index contributed by atoms with van der Waals surface area (Å²) in [7, 11) is 0. The maximum Gasteiger partial charge on any atom is 0.310 e. The maximum atomic E-state index is 12.8. The highest BCUT2D eigenvalue weighted by Gasteiger charge is 2.37. The fourth-order valence-electron chi connectivity index (χ4n) is 4.55. The summed E-state index contributed by atoms with van der Waals surface area (Å²) in [5.74, 6) is 0.856. The molecule has 3 fully saturated rings. The lowest BCUT2D eigenvalue weighted by atomic mass is 10.0. The molecule has 2 aromatic rings. The van der Waals surface area contributed by atoms with Crippen molar-refractivity contribution in [2.75, 3.05) is 0 Å². The van der Waals surface area contributed by atoms with Crippen LogP contribution < -0.4 is 5.32 Å². The van der Waals surface area contributed by atoms with E-state index in [1.807, 2.05) is 0 Å². The van der Waals surface area contributed by atoms with Crippen molar-refractivity contribution in [2.45, 2.75) is 69.1 Å². The fourth-order valence-corrected chi connectivity index (χ4v) is 5.13. The predicted molar refractivity (Wildman–Crippen MR) is 107 cm³/mol. The number of carbonyl (C=O) groups excluding carboxylic acids is 1. The first kappa shape index (κ1) is 18.5. The molecule has 2 unspecified atom stereocenters. The average molecular weight is 421 g/mol. The zero-order valence-electron chi connectivity index (χ0n) is 15.4. The Labute approximate surface area is 173 Å². The van der Waals surface area contributed by atoms with Crippen molar-refractivity contribution in [1.82, 2.24) is 10.5 Å². The number of piperidine rings is 1. The first-order chi connectivity index (χ1) is 13.6. The van der Waals surface area contributed by atoms with Crippen molar-refractivity contribution in [3.8, 4) is 11.3 Å². The van der Waals surface area contributed by atoms with Crippen LogP contribution in [0.4, 0.5) is 0 Å². The van der Waals surface area contributed by atoms with E-state index < -0.39 is 0 Å². The van der Waals surface area contributed by atoms with E-state index in [0.717, 1.165) is 37.0 Å². The molecule has 5 rings (SSSR count). The number of hydrogen-bond donors (Lipinski definition) is 1. The van der Waals surface area contributed by atoms with Gasteiger partial charge in [-0.2, -0.15) is 0 Å². The number of ether oxygens (including phenoxy) is 1. The number of aromatic nitrogens is 1. The minimum absolute atomic E-state index is 0.0113. The zero-order chi connectivity index (χ0) is 19.3. The topological polar surface area (TPSA) is 64.4 Å². The Morgan fingerprint density at radius 2 is 1.82 bits per heavy atom. The Kier molecular flexibility index (Phi) is 4.85. The number of nitrogens with one attached hydrogen (secondary N) is 1. The fraction of sp³-hybridized carbons (Fsp3) is 0.524. The second-order valence-electron chi connectivity index (χ2n) is 8.14. The Balaban J connectivity index is 1.39. The summed E-state index contributed by atoms with van der Waals surface area (Å²) in [4.78, 5) is 12.8. The second kappa shape index (κ2) is 7.36. The molecule has 5 nitrogen and oxygen atoms in total. The van der Waals surface area contributed by atoms with E-state index in [9.17, 15) is 4.79 Å². The molecule has 0 radical (unpaired) electrons. The molecular weight excluding hydrogens is 399 g/mol. The number of nitrogens with zero attached hydrogens (tertiary/aromatic N) is 1. The lowest BCUT2D eigenvalue weighted by Crippen LogP contribution is -2.42. The van der Waals surface area contributed by atoms with E-state index in [4.69, 9.17) is 32.5 Å². The zero-order valence-corrected chi connectivity index (χ0v) is 16.9. The standard InChI is InChI=1S/C21H22Cl2N2O3/c22-16-2-1-3-17(23)19(16)20-15(21(28-25-20)11-4-5-11)10-18(26)27-14-8-12-6-7-13(9-14)24-12/h1-3,11-14,24H,4-10H2. The van der Waals surface area contributed by atoms with E-state index in [1.54, 1.807) is 18.2 Å². The summed E-state index contributed by atoms with van der Waals surface area (Å²) >= 11 is 12.8. The van der Waals surface area contributed by atoms with Crippen LogP contribution in [0.3, 0.4) is 0 Å². The van der Waals surface area contributed by atoms with Gasteiger partial charge in [-0.05, 0) is 50.7 Å². The lowest BCUT2D eigenvalue weighted by Gasteiger charge is -2.28. The van der Waals surface area contributed by atoms with Crippen molar-refractivity contribution in [2.24, 2.45) is 0 Å². The van der Waals surface area contributed by atoms with E-state index in [0.29, 0.717) is 39.3 Å². The molecule has 3 heterocycles. The molecule has 1 aromatic carbocycles.